The molecule has 0 fully saturated rings. The van der Waals surface area contributed by atoms with Gasteiger partial charge in [-0.2, -0.15) is 0 Å². The Morgan fingerprint density at radius 1 is 1.21 bits per heavy atom. The Hall–Kier alpha value is -2.90. The molecule has 0 aliphatic carbocycles. The summed E-state index contributed by atoms with van der Waals surface area (Å²) in [7, 11) is 0. The molecule has 24 heavy (non-hydrogen) atoms. The normalized spacial score (nSPS) is 11.9. The lowest BCUT2D eigenvalue weighted by Gasteiger charge is -1.98. The van der Waals surface area contributed by atoms with E-state index in [0.717, 1.165) is 11.1 Å². The molecule has 1 amide bonds. The molecule has 0 atom stereocenters. The van der Waals surface area contributed by atoms with Crippen molar-refractivity contribution < 1.29 is 14.3 Å². The van der Waals surface area contributed by atoms with Crippen LogP contribution in [0.1, 0.15) is 11.1 Å². The van der Waals surface area contributed by atoms with Gasteiger partial charge >= 0.3 is 0 Å². The van der Waals surface area contributed by atoms with Gasteiger partial charge in [-0.3, -0.25) is 4.79 Å². The lowest BCUT2D eigenvalue weighted by molar-refractivity contribution is -0.116. The fourth-order valence-corrected chi connectivity index (χ4v) is 2.26. The third kappa shape index (κ3) is 4.09. The zero-order chi connectivity index (χ0) is 16.8. The minimum Gasteiger partial charge on any atom is -0.454 e. The zero-order valence-corrected chi connectivity index (χ0v) is 13.5. The maximum atomic E-state index is 11.8. The van der Waals surface area contributed by atoms with Gasteiger partial charge in [-0.1, -0.05) is 41.6 Å². The number of amides is 1. The number of ether oxygens (including phenoxy) is 2. The van der Waals surface area contributed by atoms with E-state index in [2.05, 4.69) is 17.2 Å². The minimum atomic E-state index is -0.221. The molecule has 1 aliphatic rings. The molecule has 1 N–H and O–H groups in total. The molecule has 0 aromatic heterocycles. The number of carbonyl (C=O) groups excluding carboxylic acids is 1. The maximum absolute atomic E-state index is 11.8. The summed E-state index contributed by atoms with van der Waals surface area (Å²) in [5.41, 5.74) is 1.60. The van der Waals surface area contributed by atoms with E-state index in [4.69, 9.17) is 21.1 Å². The highest BCUT2D eigenvalue weighted by Gasteiger charge is 2.12. The molecule has 5 heteroatoms. The minimum absolute atomic E-state index is 0.221. The summed E-state index contributed by atoms with van der Waals surface area (Å²) in [5.74, 6) is 6.96. The summed E-state index contributed by atoms with van der Waals surface area (Å²) in [6.45, 7) is 0.475. The number of hydrogen-bond acceptors (Lipinski definition) is 3. The molecule has 0 saturated heterocycles. The third-order valence-electron chi connectivity index (χ3n) is 3.27. The largest absolute Gasteiger partial charge is 0.454 e. The van der Waals surface area contributed by atoms with Crippen LogP contribution in [0.4, 0.5) is 0 Å². The number of rotatable bonds is 3. The first-order valence-corrected chi connectivity index (χ1v) is 7.69. The number of nitrogens with one attached hydrogen (secondary N) is 1. The van der Waals surface area contributed by atoms with Gasteiger partial charge in [0.1, 0.15) is 0 Å². The van der Waals surface area contributed by atoms with E-state index in [1.165, 1.54) is 6.08 Å². The highest BCUT2D eigenvalue weighted by atomic mass is 35.5. The molecular weight excluding hydrogens is 326 g/mol. The molecule has 3 rings (SSSR count). The van der Waals surface area contributed by atoms with Gasteiger partial charge in [0.25, 0.3) is 0 Å². The van der Waals surface area contributed by atoms with Crippen molar-refractivity contribution in [2.75, 3.05) is 13.3 Å². The first-order chi connectivity index (χ1) is 11.7. The fraction of sp³-hybridized carbons (Fsp3) is 0.105. The van der Waals surface area contributed by atoms with Crippen LogP contribution >= 0.6 is 11.6 Å². The smallest absolute Gasteiger partial charge is 0.244 e. The second-order valence-electron chi connectivity index (χ2n) is 4.95. The lowest BCUT2D eigenvalue weighted by atomic mass is 10.2. The van der Waals surface area contributed by atoms with Gasteiger partial charge in [0.15, 0.2) is 11.5 Å². The Bertz CT molecular complexity index is 849. The Balaban J connectivity index is 1.52. The van der Waals surface area contributed by atoms with Crippen LogP contribution in [-0.2, 0) is 4.79 Å². The van der Waals surface area contributed by atoms with E-state index in [1.807, 2.05) is 36.4 Å². The molecule has 0 saturated carbocycles. The van der Waals surface area contributed by atoms with Gasteiger partial charge in [-0.15, -0.1) is 0 Å². The quantitative estimate of drug-likeness (QED) is 0.689. The van der Waals surface area contributed by atoms with Crippen LogP contribution in [0.3, 0.4) is 0 Å². The number of carbonyl (C=O) groups is 1. The van der Waals surface area contributed by atoms with Gasteiger partial charge in [-0.05, 0) is 35.9 Å². The molecule has 120 valence electrons. The molecular formula is C19H14ClNO3. The summed E-state index contributed by atoms with van der Waals surface area (Å²) in [6, 6.07) is 12.8. The van der Waals surface area contributed by atoms with Gasteiger partial charge in [0, 0.05) is 11.6 Å². The van der Waals surface area contributed by atoms with Crippen LogP contribution in [0.5, 0.6) is 11.5 Å². The molecule has 0 radical (unpaired) electrons. The monoisotopic (exact) mass is 339 g/mol. The Morgan fingerprint density at radius 2 is 2.04 bits per heavy atom. The lowest BCUT2D eigenvalue weighted by Crippen LogP contribution is -2.20. The Labute approximate surface area is 145 Å². The van der Waals surface area contributed by atoms with Crippen LogP contribution < -0.4 is 14.8 Å². The predicted molar refractivity (Wildman–Crippen MR) is 92.9 cm³/mol. The third-order valence-corrected chi connectivity index (χ3v) is 3.60. The summed E-state index contributed by atoms with van der Waals surface area (Å²) in [6.07, 6.45) is 3.16. The summed E-state index contributed by atoms with van der Waals surface area (Å²) in [5, 5.41) is 3.29. The van der Waals surface area contributed by atoms with E-state index in [9.17, 15) is 4.79 Å². The van der Waals surface area contributed by atoms with Gasteiger partial charge in [0.05, 0.1) is 11.6 Å². The zero-order valence-electron chi connectivity index (χ0n) is 12.7. The van der Waals surface area contributed by atoms with Crippen molar-refractivity contribution in [3.63, 3.8) is 0 Å². The second-order valence-corrected chi connectivity index (χ2v) is 5.35. The van der Waals surface area contributed by atoms with Gasteiger partial charge in [0.2, 0.25) is 12.7 Å². The van der Waals surface area contributed by atoms with Crippen LogP contribution in [0, 0.1) is 11.8 Å². The average molecular weight is 340 g/mol. The number of halogens is 1. The van der Waals surface area contributed by atoms with E-state index in [1.54, 1.807) is 12.1 Å². The van der Waals surface area contributed by atoms with Crippen molar-refractivity contribution in [1.82, 2.24) is 5.32 Å². The highest BCUT2D eigenvalue weighted by Crippen LogP contribution is 2.32. The first kappa shape index (κ1) is 16.0. The Kier molecular flexibility index (Phi) is 5.05. The van der Waals surface area contributed by atoms with Crippen molar-refractivity contribution in [3.05, 3.63) is 64.7 Å². The van der Waals surface area contributed by atoms with E-state index in [0.29, 0.717) is 16.5 Å². The van der Waals surface area contributed by atoms with E-state index in [-0.39, 0.29) is 19.2 Å². The van der Waals surface area contributed by atoms with Gasteiger partial charge < -0.3 is 14.8 Å². The summed E-state index contributed by atoms with van der Waals surface area (Å²) < 4.78 is 10.5. The summed E-state index contributed by atoms with van der Waals surface area (Å²) in [4.78, 5) is 11.8. The topological polar surface area (TPSA) is 47.6 Å². The Morgan fingerprint density at radius 3 is 2.92 bits per heavy atom. The molecule has 2 aromatic carbocycles. The molecule has 1 heterocycles. The van der Waals surface area contributed by atoms with Crippen molar-refractivity contribution in [2.24, 2.45) is 0 Å². The molecule has 2 aromatic rings. The first-order valence-electron chi connectivity index (χ1n) is 7.31. The van der Waals surface area contributed by atoms with Gasteiger partial charge in [-0.25, -0.2) is 0 Å². The SMILES string of the molecule is O=C(/C=C/c1ccc2c(c1)OCO2)NCC#Cc1ccccc1Cl. The van der Waals surface area contributed by atoms with Crippen molar-refractivity contribution in [2.45, 2.75) is 0 Å². The number of fused-ring (bicyclic) bond motifs is 1. The average Bonchev–Trinajstić information content (AvgIpc) is 3.06. The van der Waals surface area contributed by atoms with Crippen LogP contribution in [0.25, 0.3) is 6.08 Å². The standard InChI is InChI=1S/C19H14ClNO3/c20-16-6-2-1-4-15(16)5-3-11-21-19(22)10-8-14-7-9-17-18(12-14)24-13-23-17/h1-2,4,6-10,12H,11,13H2,(H,21,22)/b10-8+. The predicted octanol–water partition coefficient (Wildman–Crippen LogP) is 3.25. The van der Waals surface area contributed by atoms with Crippen LogP contribution in [-0.4, -0.2) is 19.2 Å². The van der Waals surface area contributed by atoms with Crippen molar-refractivity contribution in [3.8, 4) is 23.3 Å². The number of hydrogen-bond donors (Lipinski definition) is 1. The molecule has 4 nitrogen and oxygen atoms in total. The van der Waals surface area contributed by atoms with Crippen LogP contribution in [0.15, 0.2) is 48.5 Å². The van der Waals surface area contributed by atoms with Crippen molar-refractivity contribution in [1.29, 1.82) is 0 Å². The molecule has 0 unspecified atom stereocenters. The fourth-order valence-electron chi connectivity index (χ4n) is 2.08. The van der Waals surface area contributed by atoms with E-state index < -0.39 is 0 Å². The number of benzene rings is 2. The van der Waals surface area contributed by atoms with Crippen LogP contribution in [0.2, 0.25) is 5.02 Å². The molecule has 0 bridgehead atoms. The summed E-state index contributed by atoms with van der Waals surface area (Å²) >= 11 is 6.00. The van der Waals surface area contributed by atoms with Crippen molar-refractivity contribution >= 4 is 23.6 Å². The molecule has 1 aliphatic heterocycles. The molecule has 0 spiro atoms. The highest BCUT2D eigenvalue weighted by molar-refractivity contribution is 6.31. The second kappa shape index (κ2) is 7.58. The maximum Gasteiger partial charge on any atom is 0.244 e. The van der Waals surface area contributed by atoms with E-state index >= 15 is 0 Å².